The molecule has 162 valence electrons. The molecule has 0 atom stereocenters. The first-order valence-corrected chi connectivity index (χ1v) is 10.8. The molecule has 3 N–H and O–H groups in total. The van der Waals surface area contributed by atoms with Gasteiger partial charge in [0.05, 0.1) is 6.07 Å². The highest BCUT2D eigenvalue weighted by Crippen LogP contribution is 2.28. The maximum absolute atomic E-state index is 9.09. The lowest BCUT2D eigenvalue weighted by Crippen LogP contribution is -2.04. The third kappa shape index (κ3) is 4.89. The molecule has 5 nitrogen and oxygen atoms in total. The molecule has 0 fully saturated rings. The SMILES string of the molecule is Cc1c(CCO)[nH]c2ccc(Cl)cc12.Cc1c(CCO)n(CC#N)c2ccc(Cl)cc12. The van der Waals surface area contributed by atoms with E-state index in [1.54, 1.807) is 0 Å². The lowest BCUT2D eigenvalue weighted by Gasteiger charge is -2.05. The summed E-state index contributed by atoms with van der Waals surface area (Å²) in [5.41, 5.74) is 6.44. The number of aliphatic hydroxyl groups is 2. The van der Waals surface area contributed by atoms with Crippen molar-refractivity contribution in [3.63, 3.8) is 0 Å². The molecule has 0 amide bonds. The monoisotopic (exact) mass is 457 g/mol. The van der Waals surface area contributed by atoms with E-state index in [-0.39, 0.29) is 13.2 Å². The van der Waals surface area contributed by atoms with Gasteiger partial charge in [-0.05, 0) is 61.4 Å². The van der Waals surface area contributed by atoms with Gasteiger partial charge in [-0.1, -0.05) is 23.2 Å². The van der Waals surface area contributed by atoms with E-state index in [0.717, 1.165) is 43.8 Å². The minimum Gasteiger partial charge on any atom is -0.396 e. The normalized spacial score (nSPS) is 10.9. The molecule has 0 bridgehead atoms. The number of aliphatic hydroxyl groups excluding tert-OH is 2. The molecule has 4 aromatic rings. The van der Waals surface area contributed by atoms with Crippen LogP contribution in [0.25, 0.3) is 21.8 Å². The number of H-pyrrole nitrogens is 1. The largest absolute Gasteiger partial charge is 0.396 e. The summed E-state index contributed by atoms with van der Waals surface area (Å²) in [6.45, 7) is 4.58. The predicted molar refractivity (Wildman–Crippen MR) is 127 cm³/mol. The standard InChI is InChI=1S/C13H13ClN2O.C11H12ClNO/c1-9-11-8-10(14)2-3-13(11)16(6-5-15)12(9)4-7-17;1-7-9-6-8(12)2-3-11(9)13-10(7)4-5-14/h2-3,8,17H,4,6-7H2,1H3;2-3,6,13-14H,4-5H2,1H3. The van der Waals surface area contributed by atoms with E-state index in [1.807, 2.05) is 54.8 Å². The second-order valence-corrected chi connectivity index (χ2v) is 8.22. The van der Waals surface area contributed by atoms with Crippen LogP contribution < -0.4 is 0 Å². The van der Waals surface area contributed by atoms with Crippen LogP contribution in [0.2, 0.25) is 10.0 Å². The van der Waals surface area contributed by atoms with Gasteiger partial charge in [-0.25, -0.2) is 0 Å². The summed E-state index contributed by atoms with van der Waals surface area (Å²) in [4.78, 5) is 3.27. The van der Waals surface area contributed by atoms with Crippen LogP contribution in [0.5, 0.6) is 0 Å². The fourth-order valence-corrected chi connectivity index (χ4v) is 4.29. The van der Waals surface area contributed by atoms with Crippen molar-refractivity contribution in [2.24, 2.45) is 0 Å². The maximum Gasteiger partial charge on any atom is 0.110 e. The minimum atomic E-state index is 0.0797. The van der Waals surface area contributed by atoms with Crippen LogP contribution in [0.1, 0.15) is 22.5 Å². The van der Waals surface area contributed by atoms with Crippen LogP contribution in [0.4, 0.5) is 0 Å². The van der Waals surface area contributed by atoms with Crippen molar-refractivity contribution in [2.45, 2.75) is 33.2 Å². The van der Waals surface area contributed by atoms with Gasteiger partial charge in [-0.2, -0.15) is 5.26 Å². The Morgan fingerprint density at radius 1 is 0.935 bits per heavy atom. The van der Waals surface area contributed by atoms with Crippen LogP contribution in [0, 0.1) is 25.2 Å². The van der Waals surface area contributed by atoms with E-state index in [9.17, 15) is 0 Å². The first kappa shape index (κ1) is 23.2. The van der Waals surface area contributed by atoms with E-state index in [4.69, 9.17) is 38.7 Å². The third-order valence-corrected chi connectivity index (χ3v) is 5.95. The van der Waals surface area contributed by atoms with Crippen molar-refractivity contribution in [3.8, 4) is 6.07 Å². The average Bonchev–Trinajstić information content (AvgIpc) is 3.19. The van der Waals surface area contributed by atoms with Crippen molar-refractivity contribution >= 4 is 45.0 Å². The van der Waals surface area contributed by atoms with E-state index in [0.29, 0.717) is 24.4 Å². The Bertz CT molecular complexity index is 1250. The first-order chi connectivity index (χ1) is 14.9. The van der Waals surface area contributed by atoms with Crippen molar-refractivity contribution in [1.82, 2.24) is 9.55 Å². The quantitative estimate of drug-likeness (QED) is 0.378. The Balaban J connectivity index is 0.000000179. The number of fused-ring (bicyclic) bond motifs is 2. The molecule has 0 aliphatic heterocycles. The molecular formula is C24H25Cl2N3O2. The number of aromatic amines is 1. The highest BCUT2D eigenvalue weighted by molar-refractivity contribution is 6.31. The fraction of sp³-hybridized carbons (Fsp3) is 0.292. The van der Waals surface area contributed by atoms with Gasteiger partial charge in [0.15, 0.2) is 0 Å². The summed E-state index contributed by atoms with van der Waals surface area (Å²) in [7, 11) is 0. The molecule has 0 saturated heterocycles. The van der Waals surface area contributed by atoms with Crippen molar-refractivity contribution in [2.75, 3.05) is 13.2 Å². The summed E-state index contributed by atoms with van der Waals surface area (Å²) in [5.74, 6) is 0. The second kappa shape index (κ2) is 10.2. The molecule has 2 aromatic carbocycles. The number of nitrogens with one attached hydrogen (secondary N) is 1. The van der Waals surface area contributed by atoms with Crippen LogP contribution >= 0.6 is 23.2 Å². The summed E-state index contributed by atoms with van der Waals surface area (Å²) < 4.78 is 1.94. The topological polar surface area (TPSA) is 85.0 Å². The number of nitriles is 1. The van der Waals surface area contributed by atoms with Crippen LogP contribution in [0.3, 0.4) is 0 Å². The zero-order valence-electron chi connectivity index (χ0n) is 17.5. The van der Waals surface area contributed by atoms with E-state index < -0.39 is 0 Å². The Labute approximate surface area is 191 Å². The number of aromatic nitrogens is 2. The fourth-order valence-electron chi connectivity index (χ4n) is 3.94. The summed E-state index contributed by atoms with van der Waals surface area (Å²) in [5, 5.41) is 30.5. The first-order valence-electron chi connectivity index (χ1n) is 10.0. The number of nitrogens with zero attached hydrogens (tertiary/aromatic N) is 2. The van der Waals surface area contributed by atoms with Crippen LogP contribution in [0.15, 0.2) is 36.4 Å². The predicted octanol–water partition coefficient (Wildman–Crippen LogP) is 5.33. The van der Waals surface area contributed by atoms with Gasteiger partial charge in [0.25, 0.3) is 0 Å². The summed E-state index contributed by atoms with van der Waals surface area (Å²) >= 11 is 11.9. The van der Waals surface area contributed by atoms with Gasteiger partial charge in [0, 0.05) is 69.3 Å². The number of benzene rings is 2. The molecule has 0 aliphatic rings. The number of aryl methyl sites for hydroxylation is 2. The summed E-state index contributed by atoms with van der Waals surface area (Å²) in [6.07, 6.45) is 1.22. The van der Waals surface area contributed by atoms with Gasteiger partial charge >= 0.3 is 0 Å². The summed E-state index contributed by atoms with van der Waals surface area (Å²) in [6, 6.07) is 13.6. The number of hydrogen-bond donors (Lipinski definition) is 3. The molecule has 2 aromatic heterocycles. The van der Waals surface area contributed by atoms with E-state index in [2.05, 4.69) is 11.1 Å². The maximum atomic E-state index is 9.09. The van der Waals surface area contributed by atoms with Gasteiger partial charge < -0.3 is 19.8 Å². The average molecular weight is 458 g/mol. The molecule has 0 spiro atoms. The molecule has 0 saturated carbocycles. The molecule has 0 unspecified atom stereocenters. The molecular weight excluding hydrogens is 433 g/mol. The van der Waals surface area contributed by atoms with Crippen LogP contribution in [-0.2, 0) is 19.4 Å². The van der Waals surface area contributed by atoms with Gasteiger partial charge in [-0.3, -0.25) is 0 Å². The van der Waals surface area contributed by atoms with Gasteiger partial charge in [0.1, 0.15) is 6.54 Å². The molecule has 2 heterocycles. The van der Waals surface area contributed by atoms with Crippen molar-refractivity contribution < 1.29 is 10.2 Å². The lowest BCUT2D eigenvalue weighted by molar-refractivity contribution is 0.296. The second-order valence-electron chi connectivity index (χ2n) is 7.34. The Morgan fingerprint density at radius 3 is 2.23 bits per heavy atom. The smallest absolute Gasteiger partial charge is 0.110 e. The third-order valence-electron chi connectivity index (χ3n) is 5.48. The number of rotatable bonds is 5. The Morgan fingerprint density at radius 2 is 1.58 bits per heavy atom. The lowest BCUT2D eigenvalue weighted by atomic mass is 10.1. The molecule has 7 heteroatoms. The van der Waals surface area contributed by atoms with Gasteiger partial charge in [0.2, 0.25) is 0 Å². The molecule has 0 aliphatic carbocycles. The van der Waals surface area contributed by atoms with E-state index in [1.165, 1.54) is 5.56 Å². The Hall–Kier alpha value is -2.49. The highest BCUT2D eigenvalue weighted by Gasteiger charge is 2.13. The van der Waals surface area contributed by atoms with E-state index >= 15 is 0 Å². The zero-order chi connectivity index (χ0) is 22.5. The van der Waals surface area contributed by atoms with Crippen LogP contribution in [-0.4, -0.2) is 33.0 Å². The zero-order valence-corrected chi connectivity index (χ0v) is 19.1. The van der Waals surface area contributed by atoms with Crippen molar-refractivity contribution in [1.29, 1.82) is 5.26 Å². The Kier molecular flexibility index (Phi) is 7.64. The minimum absolute atomic E-state index is 0.0797. The molecule has 31 heavy (non-hydrogen) atoms. The highest BCUT2D eigenvalue weighted by atomic mass is 35.5. The van der Waals surface area contributed by atoms with Crippen molar-refractivity contribution in [3.05, 3.63) is 69.0 Å². The number of halogens is 2. The van der Waals surface area contributed by atoms with Gasteiger partial charge in [-0.15, -0.1) is 0 Å². The molecule has 4 rings (SSSR count). The number of hydrogen-bond acceptors (Lipinski definition) is 3. The molecule has 0 radical (unpaired) electrons.